The Labute approximate surface area is 149 Å². The highest BCUT2D eigenvalue weighted by molar-refractivity contribution is 5.89. The molecule has 1 aromatic rings. The van der Waals surface area contributed by atoms with E-state index in [2.05, 4.69) is 20.7 Å². The maximum atomic E-state index is 13.9. The van der Waals surface area contributed by atoms with Crippen LogP contribution in [0.1, 0.15) is 36.0 Å². The van der Waals surface area contributed by atoms with Crippen LogP contribution in [0.5, 0.6) is 0 Å². The number of carbonyl (C=O) groups is 1. The first kappa shape index (κ1) is 21.3. The van der Waals surface area contributed by atoms with Gasteiger partial charge in [-0.05, 0) is 76.6 Å². The summed E-state index contributed by atoms with van der Waals surface area (Å²) in [5.74, 6) is -0.984. The summed E-state index contributed by atoms with van der Waals surface area (Å²) >= 11 is 0. The number of benzene rings is 1. The minimum atomic E-state index is -0.538. The van der Waals surface area contributed by atoms with Gasteiger partial charge in [0.05, 0.1) is 18.4 Å². The van der Waals surface area contributed by atoms with Crippen molar-refractivity contribution < 1.29 is 13.9 Å². The van der Waals surface area contributed by atoms with Gasteiger partial charge in [0.1, 0.15) is 5.82 Å². The van der Waals surface area contributed by atoms with E-state index in [0.717, 1.165) is 58.4 Å². The Kier molecular flexibility index (Phi) is 11.6. The number of methoxy groups -OCH3 is 1. The largest absolute Gasteiger partial charge is 0.465 e. The molecule has 5 N–H and O–H groups in total. The molecule has 142 valence electrons. The zero-order valence-electron chi connectivity index (χ0n) is 15.1. The summed E-state index contributed by atoms with van der Waals surface area (Å²) in [6, 6.07) is 4.30. The van der Waals surface area contributed by atoms with Crippen LogP contribution in [0.3, 0.4) is 0 Å². The summed E-state index contributed by atoms with van der Waals surface area (Å²) in [6.45, 7) is 5.30. The van der Waals surface area contributed by atoms with Gasteiger partial charge in [-0.1, -0.05) is 0 Å². The van der Waals surface area contributed by atoms with Crippen LogP contribution in [0, 0.1) is 5.82 Å². The zero-order chi connectivity index (χ0) is 18.3. The van der Waals surface area contributed by atoms with Crippen LogP contribution in [-0.2, 0) is 4.74 Å². The first-order chi connectivity index (χ1) is 12.2. The number of nitrogens with two attached hydrogens (primary N) is 1. The van der Waals surface area contributed by atoms with Crippen molar-refractivity contribution in [2.24, 2.45) is 5.73 Å². The van der Waals surface area contributed by atoms with Gasteiger partial charge in [-0.25, -0.2) is 9.18 Å². The number of hydrogen-bond acceptors (Lipinski definition) is 6. The standard InChI is InChI=1S/C18H31FN4O2/c1-25-18(24)15-6-7-17(16(19)14-15)23-13-5-12-22-10-3-2-9-21-11-4-8-20/h6-7,14,21-23H,2-5,8-13,20H2,1H3. The van der Waals surface area contributed by atoms with E-state index in [1.54, 1.807) is 12.1 Å². The third kappa shape index (κ3) is 9.38. The molecule has 0 aliphatic carbocycles. The lowest BCUT2D eigenvalue weighted by atomic mass is 10.2. The van der Waals surface area contributed by atoms with Crippen molar-refractivity contribution in [3.8, 4) is 0 Å². The molecular weight excluding hydrogens is 323 g/mol. The van der Waals surface area contributed by atoms with E-state index in [4.69, 9.17) is 5.73 Å². The van der Waals surface area contributed by atoms with Crippen LogP contribution in [0.4, 0.5) is 10.1 Å². The molecule has 0 heterocycles. The molecule has 0 unspecified atom stereocenters. The van der Waals surface area contributed by atoms with E-state index in [-0.39, 0.29) is 5.56 Å². The SMILES string of the molecule is COC(=O)c1ccc(NCCCNCCCCNCCCN)c(F)c1. The number of esters is 1. The maximum absolute atomic E-state index is 13.9. The highest BCUT2D eigenvalue weighted by atomic mass is 19.1. The Morgan fingerprint density at radius 2 is 1.68 bits per heavy atom. The van der Waals surface area contributed by atoms with E-state index in [1.807, 2.05) is 0 Å². The molecule has 1 rings (SSSR count). The number of rotatable bonds is 14. The molecule has 0 aromatic heterocycles. The molecule has 7 heteroatoms. The maximum Gasteiger partial charge on any atom is 0.337 e. The lowest BCUT2D eigenvalue weighted by Crippen LogP contribution is -2.22. The van der Waals surface area contributed by atoms with Gasteiger partial charge in [0.2, 0.25) is 0 Å². The second-order valence-electron chi connectivity index (χ2n) is 5.82. The number of anilines is 1. The molecule has 25 heavy (non-hydrogen) atoms. The lowest BCUT2D eigenvalue weighted by Gasteiger charge is -2.09. The van der Waals surface area contributed by atoms with E-state index in [1.165, 1.54) is 13.2 Å². The minimum absolute atomic E-state index is 0.213. The number of halogens is 1. The fourth-order valence-corrected chi connectivity index (χ4v) is 2.32. The van der Waals surface area contributed by atoms with Gasteiger partial charge in [-0.2, -0.15) is 0 Å². The molecule has 0 aliphatic heterocycles. The fraction of sp³-hybridized carbons (Fsp3) is 0.611. The van der Waals surface area contributed by atoms with Crippen molar-refractivity contribution in [2.75, 3.05) is 51.7 Å². The third-order valence-corrected chi connectivity index (χ3v) is 3.75. The van der Waals surface area contributed by atoms with Crippen molar-refractivity contribution in [3.05, 3.63) is 29.6 Å². The normalized spacial score (nSPS) is 10.7. The van der Waals surface area contributed by atoms with Crippen molar-refractivity contribution >= 4 is 11.7 Å². The summed E-state index contributed by atoms with van der Waals surface area (Å²) in [6.07, 6.45) is 4.20. The Balaban J connectivity index is 2.04. The molecule has 0 spiro atoms. The Morgan fingerprint density at radius 1 is 1.04 bits per heavy atom. The van der Waals surface area contributed by atoms with Crippen LogP contribution in [-0.4, -0.2) is 52.3 Å². The molecule has 1 aromatic carbocycles. The molecule has 0 bridgehead atoms. The molecule has 0 saturated carbocycles. The van der Waals surface area contributed by atoms with Gasteiger partial charge in [-0.15, -0.1) is 0 Å². The van der Waals surface area contributed by atoms with Gasteiger partial charge in [0.15, 0.2) is 0 Å². The predicted octanol–water partition coefficient (Wildman–Crippen LogP) is 1.72. The van der Waals surface area contributed by atoms with Gasteiger partial charge >= 0.3 is 5.97 Å². The first-order valence-corrected chi connectivity index (χ1v) is 8.92. The summed E-state index contributed by atoms with van der Waals surface area (Å²) < 4.78 is 18.4. The number of nitrogens with one attached hydrogen (secondary N) is 3. The third-order valence-electron chi connectivity index (χ3n) is 3.75. The molecule has 0 aliphatic rings. The van der Waals surface area contributed by atoms with Crippen molar-refractivity contribution in [2.45, 2.75) is 25.7 Å². The highest BCUT2D eigenvalue weighted by Crippen LogP contribution is 2.16. The summed E-state index contributed by atoms with van der Waals surface area (Å²) in [7, 11) is 1.28. The van der Waals surface area contributed by atoms with Crippen molar-refractivity contribution in [1.29, 1.82) is 0 Å². The Morgan fingerprint density at radius 3 is 2.28 bits per heavy atom. The average molecular weight is 354 g/mol. The summed E-state index contributed by atoms with van der Waals surface area (Å²) in [5, 5.41) is 9.77. The van der Waals surface area contributed by atoms with E-state index in [9.17, 15) is 9.18 Å². The monoisotopic (exact) mass is 354 g/mol. The van der Waals surface area contributed by atoms with Gasteiger partial charge in [-0.3, -0.25) is 0 Å². The quantitative estimate of drug-likeness (QED) is 0.301. The average Bonchev–Trinajstić information content (AvgIpc) is 2.63. The lowest BCUT2D eigenvalue weighted by molar-refractivity contribution is 0.0600. The predicted molar refractivity (Wildman–Crippen MR) is 99.5 cm³/mol. The molecule has 0 atom stereocenters. The molecule has 0 fully saturated rings. The molecule has 0 saturated heterocycles. The van der Waals surface area contributed by atoms with Crippen molar-refractivity contribution in [1.82, 2.24) is 10.6 Å². The Hall–Kier alpha value is -1.70. The number of ether oxygens (including phenoxy) is 1. The Bertz CT molecular complexity index is 500. The molecule has 0 radical (unpaired) electrons. The second kappa shape index (κ2) is 13.6. The van der Waals surface area contributed by atoms with Crippen LogP contribution in [0.15, 0.2) is 18.2 Å². The van der Waals surface area contributed by atoms with E-state index in [0.29, 0.717) is 12.2 Å². The smallest absolute Gasteiger partial charge is 0.337 e. The minimum Gasteiger partial charge on any atom is -0.465 e. The van der Waals surface area contributed by atoms with Gasteiger partial charge < -0.3 is 26.4 Å². The van der Waals surface area contributed by atoms with Crippen LogP contribution in [0.2, 0.25) is 0 Å². The van der Waals surface area contributed by atoms with Crippen LogP contribution < -0.4 is 21.7 Å². The van der Waals surface area contributed by atoms with E-state index < -0.39 is 11.8 Å². The molecular formula is C18H31FN4O2. The number of carbonyl (C=O) groups excluding carboxylic acids is 1. The first-order valence-electron chi connectivity index (χ1n) is 8.92. The topological polar surface area (TPSA) is 88.4 Å². The zero-order valence-corrected chi connectivity index (χ0v) is 15.1. The van der Waals surface area contributed by atoms with Crippen molar-refractivity contribution in [3.63, 3.8) is 0 Å². The molecule has 6 nitrogen and oxygen atoms in total. The summed E-state index contributed by atoms with van der Waals surface area (Å²) in [5.41, 5.74) is 6.04. The fourth-order valence-electron chi connectivity index (χ4n) is 2.32. The van der Waals surface area contributed by atoms with Gasteiger partial charge in [0.25, 0.3) is 0 Å². The summed E-state index contributed by atoms with van der Waals surface area (Å²) in [4.78, 5) is 11.3. The number of hydrogen-bond donors (Lipinski definition) is 4. The van der Waals surface area contributed by atoms with Gasteiger partial charge in [0, 0.05) is 6.54 Å². The second-order valence-corrected chi connectivity index (χ2v) is 5.82. The van der Waals surface area contributed by atoms with E-state index >= 15 is 0 Å². The number of unbranched alkanes of at least 4 members (excludes halogenated alkanes) is 1. The van der Waals surface area contributed by atoms with Crippen LogP contribution >= 0.6 is 0 Å². The molecule has 0 amide bonds. The van der Waals surface area contributed by atoms with Crippen LogP contribution in [0.25, 0.3) is 0 Å². The highest BCUT2D eigenvalue weighted by Gasteiger charge is 2.09.